The van der Waals surface area contributed by atoms with E-state index in [-0.39, 0.29) is 77.9 Å². The molecule has 0 amide bonds. The molecule has 564 valence electrons. The smallest absolute Gasteiger partial charge is 0 e. The first-order chi connectivity index (χ1) is 52.5. The van der Waals surface area contributed by atoms with Gasteiger partial charge in [-0.2, -0.15) is 58.7 Å². The van der Waals surface area contributed by atoms with Crippen molar-refractivity contribution in [2.24, 2.45) is 0 Å². The normalized spacial score (nSPS) is 13.3. The molecule has 20 heteroatoms. The van der Waals surface area contributed by atoms with E-state index in [1.807, 2.05) is 222 Å². The molecule has 0 N–H and O–H groups in total. The summed E-state index contributed by atoms with van der Waals surface area (Å²) in [4.78, 5) is 2.54. The predicted molar refractivity (Wildman–Crippen MR) is 433 cm³/mol. The number of para-hydroxylation sites is 4. The number of hydrogen-bond donors (Lipinski definition) is 0. The van der Waals surface area contributed by atoms with Crippen molar-refractivity contribution in [2.75, 3.05) is 0 Å². The molecule has 5 aromatic heterocycles. The Balaban J connectivity index is 0.000000129. The zero-order valence-corrected chi connectivity index (χ0v) is 73.2. The summed E-state index contributed by atoms with van der Waals surface area (Å²) >= 11 is -1.74. The fourth-order valence-electron chi connectivity index (χ4n) is 15.4. The van der Waals surface area contributed by atoms with E-state index in [0.29, 0.717) is 24.3 Å². The minimum Gasteiger partial charge on any atom is 0 e. The first kappa shape index (κ1) is 80.9. The molecule has 0 bridgehead atoms. The van der Waals surface area contributed by atoms with Crippen LogP contribution in [-0.2, 0) is 102 Å². The Morgan fingerprint density at radius 1 is 0.339 bits per heavy atom. The van der Waals surface area contributed by atoms with Crippen LogP contribution in [0.25, 0.3) is 120 Å². The molecule has 12 nitrogen and oxygen atoms in total. The molecule has 2 unspecified atom stereocenters. The molecule has 8 heterocycles. The number of nitrogens with zero attached hydrogens (tertiary/aromatic N) is 8. The maximum Gasteiger partial charge on any atom is 0 e. The van der Waals surface area contributed by atoms with Crippen molar-refractivity contribution < 1.29 is 94.4 Å². The Bertz CT molecular complexity index is 6430. The van der Waals surface area contributed by atoms with Gasteiger partial charge in [0.15, 0.2) is 0 Å². The predicted octanol–water partition coefficient (Wildman–Crippen LogP) is 18.7. The summed E-state index contributed by atoms with van der Waals surface area (Å²) in [5.41, 5.74) is 26.6. The molecule has 12 aromatic carbocycles. The van der Waals surface area contributed by atoms with Gasteiger partial charge in [0.2, 0.25) is 9.84 Å². The Morgan fingerprint density at radius 3 is 1.21 bits per heavy atom. The van der Waals surface area contributed by atoms with Gasteiger partial charge >= 0.3 is 321 Å². The van der Waals surface area contributed by atoms with Gasteiger partial charge < -0.3 is 0 Å². The van der Waals surface area contributed by atoms with Gasteiger partial charge in [-0.3, -0.25) is 9.36 Å². The van der Waals surface area contributed by atoms with Gasteiger partial charge in [0.25, 0.3) is 0 Å². The van der Waals surface area contributed by atoms with Gasteiger partial charge in [-0.15, -0.1) is 12.1 Å². The van der Waals surface area contributed by atoms with Gasteiger partial charge in [-0.25, -0.2) is 12.6 Å². The van der Waals surface area contributed by atoms with E-state index in [9.17, 15) is 16.5 Å². The third kappa shape index (κ3) is 14.6. The summed E-state index contributed by atoms with van der Waals surface area (Å²) < 4.78 is 63.9. The van der Waals surface area contributed by atoms with E-state index in [2.05, 4.69) is 125 Å². The summed E-state index contributed by atoms with van der Waals surface area (Å²) in [6, 6.07) is 101. The van der Waals surface area contributed by atoms with Crippen molar-refractivity contribution in [1.82, 2.24) is 39.1 Å². The van der Waals surface area contributed by atoms with E-state index in [1.54, 1.807) is 18.2 Å². The van der Waals surface area contributed by atoms with Crippen molar-refractivity contribution >= 4 is 77.2 Å². The van der Waals surface area contributed by atoms with Gasteiger partial charge in [-0.05, 0) is 92.2 Å². The minimum atomic E-state index is -3.45. The zero-order chi connectivity index (χ0) is 74.2. The SMILES string of the molecule is Cc1nn(-c2[c-]cccc2)c(C)c1-c1ccc2[se]c3ccccc3c2c1.Cc1nn(-c2[c-]cccc2)c(C)c1-c1ccc2c(c1)-c1ccccc1S2(=O)=O.Cc1nn(-c2[c-]cccc2)c(C)c1-c1ccc2c(c1)-c1ccccc1S2=O.Cc1nn(-c2[c-]cccc2)c(C)c1-c1ccc2c(c1)-c1ccccc1[Se]2=O.[Rh].[Rh].[Rh].[Rh]. The minimum absolute atomic E-state index is 0. The Morgan fingerprint density at radius 2 is 0.705 bits per heavy atom. The number of fused-ring (bicyclic) bond motifs is 12. The summed E-state index contributed by atoms with van der Waals surface area (Å²) in [6.07, 6.45) is 0. The second-order valence-electron chi connectivity index (χ2n) is 26.8. The van der Waals surface area contributed by atoms with Crippen molar-refractivity contribution in [1.29, 1.82) is 0 Å². The number of sulfone groups is 1. The van der Waals surface area contributed by atoms with E-state index < -0.39 is 34.5 Å². The molecule has 0 fully saturated rings. The molecule has 3 aliphatic rings. The molecule has 0 saturated carbocycles. The quantitative estimate of drug-likeness (QED) is 0.108. The summed E-state index contributed by atoms with van der Waals surface area (Å²) in [7, 11) is -4.55. The number of rotatable bonds is 8. The molecular weight excluding hydrogens is 1910 g/mol. The fourth-order valence-corrected chi connectivity index (χ4v) is 23.6. The van der Waals surface area contributed by atoms with Crippen LogP contribution in [0.5, 0.6) is 0 Å². The number of aryl methyl sites for hydroxylation is 4. The van der Waals surface area contributed by atoms with Crippen LogP contribution < -0.4 is 8.92 Å². The molecule has 0 saturated heterocycles. The monoisotopic (exact) mass is 1980 g/mol. The molecule has 112 heavy (non-hydrogen) atoms. The fraction of sp³-hybridized carbons (Fsp3) is 0.0870. The summed E-state index contributed by atoms with van der Waals surface area (Å²) in [5, 5.41) is 21.7. The van der Waals surface area contributed by atoms with E-state index >= 15 is 0 Å². The topological polar surface area (TPSA) is 140 Å². The average Bonchev–Trinajstić information content (AvgIpc) is 1.56. The zero-order valence-electron chi connectivity index (χ0n) is 61.6. The van der Waals surface area contributed by atoms with Gasteiger partial charge in [0.1, 0.15) is 0 Å². The van der Waals surface area contributed by atoms with Crippen LogP contribution in [0.2, 0.25) is 0 Å². The molecule has 20 rings (SSSR count). The third-order valence-corrected chi connectivity index (χ3v) is 29.2. The van der Waals surface area contributed by atoms with Crippen LogP contribution in [-0.4, -0.2) is 80.1 Å². The second kappa shape index (κ2) is 33.5. The van der Waals surface area contributed by atoms with Crippen LogP contribution in [0.1, 0.15) is 45.6 Å². The van der Waals surface area contributed by atoms with Gasteiger partial charge in [-0.1, -0.05) is 48.5 Å². The van der Waals surface area contributed by atoms with Crippen LogP contribution in [0.3, 0.4) is 0 Å². The number of aromatic nitrogens is 8. The van der Waals surface area contributed by atoms with Crippen LogP contribution in [0, 0.1) is 79.7 Å². The number of benzene rings is 12. The van der Waals surface area contributed by atoms with Crippen LogP contribution in [0.4, 0.5) is 0 Å². The van der Waals surface area contributed by atoms with Crippen molar-refractivity contribution in [3.8, 4) is 101 Å². The molecule has 17 aromatic rings. The average molecular weight is 1980 g/mol. The summed E-state index contributed by atoms with van der Waals surface area (Å²) in [5.74, 6) is 0. The Kier molecular flexibility index (Phi) is 24.2. The van der Waals surface area contributed by atoms with Gasteiger partial charge in [0.05, 0.1) is 41.8 Å². The Hall–Kier alpha value is -9.09. The van der Waals surface area contributed by atoms with E-state index in [1.165, 1.54) is 30.4 Å². The van der Waals surface area contributed by atoms with Crippen LogP contribution >= 0.6 is 0 Å². The maximum atomic E-state index is 12.8. The summed E-state index contributed by atoms with van der Waals surface area (Å²) in [6.45, 7) is 16.5. The van der Waals surface area contributed by atoms with E-state index in [4.69, 9.17) is 20.4 Å². The Labute approximate surface area is 715 Å². The molecule has 3 aliphatic heterocycles. The molecule has 0 aliphatic carbocycles. The molecular formula is C92H68N8O4Rh4S2Se2-4. The number of hydrogen-bond acceptors (Lipinski definition) is 8. The second-order valence-corrected chi connectivity index (χ2v) is 35.3. The maximum absolute atomic E-state index is 12.8. The first-order valence-corrected chi connectivity index (χ1v) is 42.1. The van der Waals surface area contributed by atoms with Crippen molar-refractivity contribution in [3.05, 3.63) is 337 Å². The van der Waals surface area contributed by atoms with E-state index in [0.717, 1.165) is 154 Å². The largest absolute Gasteiger partial charge is 0 e. The van der Waals surface area contributed by atoms with Crippen molar-refractivity contribution in [3.63, 3.8) is 0 Å². The van der Waals surface area contributed by atoms with Gasteiger partial charge in [0, 0.05) is 117 Å². The standard InChI is InChI=1S/C23H17N2O2S.C23H17N2OS.C23H17N2OSe.C23H17N2Se.4Rh/c1-15-23(16(2)25(24-15)18-8-4-3-5-9-18)17-12-13-22-20(14-17)19-10-6-7-11-21(19)28(22,26)27;2*1-15-23(16(2)25(24-15)18-8-4-3-5-9-18)17-12-13-22-20(14-17)19-10-6-7-11-21(19)27(22)26;1-15-23(16(2)25(24-15)18-8-4-3-5-9-18)17-12-13-22-20(14-17)19-10-6-7-11-21(19)26-22;;;;/h3-8,10-14H,1-2H3;2*3-8,10-14H,1-2H3;3-8,10-14H,1-2H3;;;;/q4*-1;;;;. The molecule has 4 radical (unpaired) electrons. The first-order valence-electron chi connectivity index (χ1n) is 35.4. The molecule has 2 atom stereocenters. The molecule has 0 spiro atoms. The van der Waals surface area contributed by atoms with Crippen LogP contribution in [0.15, 0.2) is 287 Å². The van der Waals surface area contributed by atoms with Crippen molar-refractivity contribution in [2.45, 2.75) is 75.0 Å². The third-order valence-electron chi connectivity index (χ3n) is 20.2.